The summed E-state index contributed by atoms with van der Waals surface area (Å²) in [5, 5.41) is 9.33. The molecule has 134 valence electrons. The van der Waals surface area contributed by atoms with E-state index in [0.717, 1.165) is 43.5 Å². The Balaban J connectivity index is 1.52. The lowest BCUT2D eigenvalue weighted by molar-refractivity contribution is 0.176. The van der Waals surface area contributed by atoms with Crippen molar-refractivity contribution in [3.05, 3.63) is 45.7 Å². The number of benzene rings is 1. The fraction of sp³-hybridized carbons (Fsp3) is 0.412. The second-order valence-corrected chi connectivity index (χ2v) is 7.40. The zero-order valence-corrected chi connectivity index (χ0v) is 16.6. The van der Waals surface area contributed by atoms with Crippen molar-refractivity contribution < 1.29 is 0 Å². The van der Waals surface area contributed by atoms with Crippen LogP contribution < -0.4 is 5.32 Å². The highest BCUT2D eigenvalue weighted by Crippen LogP contribution is 2.25. The van der Waals surface area contributed by atoms with Gasteiger partial charge in [0.1, 0.15) is 0 Å². The molecule has 0 amide bonds. The molecule has 0 spiro atoms. The van der Waals surface area contributed by atoms with Crippen LogP contribution in [0.15, 0.2) is 24.4 Å². The zero-order valence-electron chi connectivity index (χ0n) is 14.3. The van der Waals surface area contributed by atoms with E-state index >= 15 is 0 Å². The fourth-order valence-electron chi connectivity index (χ4n) is 2.83. The minimum atomic E-state index is 0.520. The van der Waals surface area contributed by atoms with Gasteiger partial charge >= 0.3 is 0 Å². The summed E-state index contributed by atoms with van der Waals surface area (Å²) in [6.45, 7) is 6.77. The van der Waals surface area contributed by atoms with Crippen molar-refractivity contribution in [3.63, 3.8) is 0 Å². The smallest absolute Gasteiger partial charge is 0.173 e. The average Bonchev–Trinajstić information content (AvgIpc) is 2.91. The highest BCUT2D eigenvalue weighted by molar-refractivity contribution is 7.80. The largest absolute Gasteiger partial charge is 0.346 e. The molecule has 2 aromatic rings. The van der Waals surface area contributed by atoms with E-state index in [1.54, 1.807) is 12.1 Å². The van der Waals surface area contributed by atoms with Crippen LogP contribution in [0, 0.1) is 6.92 Å². The van der Waals surface area contributed by atoms with Crippen LogP contribution in [0.4, 0.5) is 5.69 Å². The summed E-state index contributed by atoms with van der Waals surface area (Å²) in [7, 11) is 1.98. The van der Waals surface area contributed by atoms with Gasteiger partial charge in [-0.3, -0.25) is 9.58 Å². The Labute approximate surface area is 163 Å². The van der Waals surface area contributed by atoms with Crippen LogP contribution in [0.2, 0.25) is 10.0 Å². The van der Waals surface area contributed by atoms with Crippen molar-refractivity contribution in [3.8, 4) is 0 Å². The van der Waals surface area contributed by atoms with Crippen molar-refractivity contribution in [2.24, 2.45) is 7.05 Å². The minimum Gasteiger partial charge on any atom is -0.346 e. The third-order valence-corrected chi connectivity index (χ3v) is 5.66. The second-order valence-electron chi connectivity index (χ2n) is 6.20. The van der Waals surface area contributed by atoms with Gasteiger partial charge < -0.3 is 10.2 Å². The standard InChI is InChI=1S/C17H21Cl2N5S/c1-12-13(10-20-22(12)2)11-23-5-7-24(8-6-23)17(25)21-14-3-4-15(18)16(19)9-14/h3-4,9-10H,5-8,11H2,1-2H3,(H,21,25). The summed E-state index contributed by atoms with van der Waals surface area (Å²) in [5.41, 5.74) is 3.36. The Bertz CT molecular complexity index is 768. The lowest BCUT2D eigenvalue weighted by Gasteiger charge is -2.36. The molecule has 0 bridgehead atoms. The SMILES string of the molecule is Cc1c(CN2CCN(C(=S)Nc3ccc(Cl)c(Cl)c3)CC2)cnn1C. The van der Waals surface area contributed by atoms with Gasteiger partial charge in [0, 0.05) is 56.7 Å². The number of anilines is 1. The van der Waals surface area contributed by atoms with Crippen LogP contribution in [-0.2, 0) is 13.6 Å². The summed E-state index contributed by atoms with van der Waals surface area (Å²) in [6.07, 6.45) is 1.96. The van der Waals surface area contributed by atoms with E-state index in [0.29, 0.717) is 10.0 Å². The van der Waals surface area contributed by atoms with E-state index in [9.17, 15) is 0 Å². The number of nitrogens with one attached hydrogen (secondary N) is 1. The molecule has 1 fully saturated rings. The van der Waals surface area contributed by atoms with E-state index in [4.69, 9.17) is 35.4 Å². The van der Waals surface area contributed by atoms with Gasteiger partial charge in [-0.15, -0.1) is 0 Å². The van der Waals surface area contributed by atoms with E-state index < -0.39 is 0 Å². The molecule has 1 aliphatic rings. The highest BCUT2D eigenvalue weighted by Gasteiger charge is 2.20. The molecule has 0 atom stereocenters. The lowest BCUT2D eigenvalue weighted by Crippen LogP contribution is -2.49. The molecule has 5 nitrogen and oxygen atoms in total. The third-order valence-electron chi connectivity index (χ3n) is 4.56. The monoisotopic (exact) mass is 397 g/mol. The van der Waals surface area contributed by atoms with Gasteiger partial charge in [0.2, 0.25) is 0 Å². The molecule has 3 rings (SSSR count). The number of piperazine rings is 1. The molecule has 1 aromatic heterocycles. The van der Waals surface area contributed by atoms with Crippen molar-refractivity contribution in [2.45, 2.75) is 13.5 Å². The van der Waals surface area contributed by atoms with Gasteiger partial charge in [-0.2, -0.15) is 5.10 Å². The second kappa shape index (κ2) is 7.91. The fourth-order valence-corrected chi connectivity index (χ4v) is 3.42. The molecule has 0 unspecified atom stereocenters. The summed E-state index contributed by atoms with van der Waals surface area (Å²) in [5.74, 6) is 0. The van der Waals surface area contributed by atoms with E-state index in [2.05, 4.69) is 27.1 Å². The number of hydrogen-bond donors (Lipinski definition) is 1. The Morgan fingerprint density at radius 3 is 2.52 bits per heavy atom. The van der Waals surface area contributed by atoms with Crippen LogP contribution in [0.1, 0.15) is 11.3 Å². The lowest BCUT2D eigenvalue weighted by atomic mass is 10.2. The Hall–Kier alpha value is -1.34. The number of aryl methyl sites for hydroxylation is 1. The molecule has 8 heteroatoms. The van der Waals surface area contributed by atoms with Gasteiger partial charge in [-0.1, -0.05) is 23.2 Å². The van der Waals surface area contributed by atoms with E-state index in [1.165, 1.54) is 11.3 Å². The summed E-state index contributed by atoms with van der Waals surface area (Å²) in [6, 6.07) is 5.43. The maximum absolute atomic E-state index is 6.05. The Kier molecular flexibility index (Phi) is 5.84. The Morgan fingerprint density at radius 2 is 1.92 bits per heavy atom. The number of nitrogens with zero attached hydrogens (tertiary/aromatic N) is 4. The van der Waals surface area contributed by atoms with Gasteiger partial charge in [0.25, 0.3) is 0 Å². The zero-order chi connectivity index (χ0) is 18.0. The molecule has 2 heterocycles. The first kappa shape index (κ1) is 18.5. The molecule has 0 aliphatic carbocycles. The summed E-state index contributed by atoms with van der Waals surface area (Å²) < 4.78 is 1.92. The van der Waals surface area contributed by atoms with E-state index in [-0.39, 0.29) is 0 Å². The molecule has 0 saturated carbocycles. The van der Waals surface area contributed by atoms with Crippen LogP contribution >= 0.6 is 35.4 Å². The molecule has 25 heavy (non-hydrogen) atoms. The maximum Gasteiger partial charge on any atom is 0.173 e. The minimum absolute atomic E-state index is 0.520. The van der Waals surface area contributed by atoms with Crippen molar-refractivity contribution in [1.29, 1.82) is 0 Å². The number of hydrogen-bond acceptors (Lipinski definition) is 3. The van der Waals surface area contributed by atoms with Crippen molar-refractivity contribution in [1.82, 2.24) is 19.6 Å². The first-order chi connectivity index (χ1) is 11.9. The maximum atomic E-state index is 6.05. The summed E-state index contributed by atoms with van der Waals surface area (Å²) >= 11 is 17.5. The predicted octanol–water partition coefficient (Wildman–Crippen LogP) is 3.55. The topological polar surface area (TPSA) is 36.3 Å². The number of aromatic nitrogens is 2. The number of thiocarbonyl (C=S) groups is 1. The summed E-state index contributed by atoms with van der Waals surface area (Å²) in [4.78, 5) is 4.62. The molecule has 0 radical (unpaired) electrons. The first-order valence-electron chi connectivity index (χ1n) is 8.15. The number of rotatable bonds is 3. The Morgan fingerprint density at radius 1 is 1.20 bits per heavy atom. The molecule has 1 saturated heterocycles. The molecular weight excluding hydrogens is 377 g/mol. The van der Waals surface area contributed by atoms with E-state index in [1.807, 2.05) is 24.0 Å². The predicted molar refractivity (Wildman–Crippen MR) is 107 cm³/mol. The van der Waals surface area contributed by atoms with Gasteiger partial charge in [-0.05, 0) is 37.3 Å². The number of halogens is 2. The van der Waals surface area contributed by atoms with Crippen molar-refractivity contribution >= 4 is 46.2 Å². The normalized spacial score (nSPS) is 15.4. The van der Waals surface area contributed by atoms with Crippen LogP contribution in [-0.4, -0.2) is 50.9 Å². The quantitative estimate of drug-likeness (QED) is 0.801. The molecular formula is C17H21Cl2N5S. The van der Waals surface area contributed by atoms with Crippen LogP contribution in [0.5, 0.6) is 0 Å². The highest BCUT2D eigenvalue weighted by atomic mass is 35.5. The van der Waals surface area contributed by atoms with Gasteiger partial charge in [0.15, 0.2) is 5.11 Å². The molecule has 1 aliphatic heterocycles. The van der Waals surface area contributed by atoms with Gasteiger partial charge in [-0.25, -0.2) is 0 Å². The first-order valence-corrected chi connectivity index (χ1v) is 9.31. The van der Waals surface area contributed by atoms with Gasteiger partial charge in [0.05, 0.1) is 16.2 Å². The van der Waals surface area contributed by atoms with Crippen molar-refractivity contribution in [2.75, 3.05) is 31.5 Å². The third kappa shape index (κ3) is 4.44. The van der Waals surface area contributed by atoms with Crippen LogP contribution in [0.3, 0.4) is 0 Å². The molecule has 1 N–H and O–H groups in total. The molecule has 1 aromatic carbocycles. The average molecular weight is 398 g/mol. The van der Waals surface area contributed by atoms with Crippen LogP contribution in [0.25, 0.3) is 0 Å².